The van der Waals surface area contributed by atoms with Crippen molar-refractivity contribution in [3.63, 3.8) is 0 Å². The average Bonchev–Trinajstić information content (AvgIpc) is 3.53. The molecule has 370 valence electrons. The number of nitro benzene ring substituents is 2. The van der Waals surface area contributed by atoms with Crippen LogP contribution in [0.3, 0.4) is 0 Å². The highest BCUT2D eigenvalue weighted by Crippen LogP contribution is 2.57. The average molecular weight is 979 g/mol. The van der Waals surface area contributed by atoms with E-state index in [4.69, 9.17) is 40.0 Å². The maximum absolute atomic E-state index is 15.0. The lowest BCUT2D eigenvalue weighted by Crippen LogP contribution is -2.78. The molecule has 0 aliphatic carbocycles. The van der Waals surface area contributed by atoms with Crippen molar-refractivity contribution in [2.45, 2.75) is 121 Å². The fourth-order valence-electron chi connectivity index (χ4n) is 8.48. The van der Waals surface area contributed by atoms with Crippen LogP contribution in [0.1, 0.15) is 77.0 Å². The molecule has 2 N–H and O–H groups in total. The zero-order chi connectivity index (χ0) is 50.8. The summed E-state index contributed by atoms with van der Waals surface area (Å²) in [4.78, 5) is 90.9. The molecule has 0 aromatic heterocycles. The summed E-state index contributed by atoms with van der Waals surface area (Å²) in [6.45, 7) is 11.5. The van der Waals surface area contributed by atoms with Gasteiger partial charge in [-0.3, -0.25) is 29.8 Å². The Hall–Kier alpha value is -6.38. The number of nitrogens with zero attached hydrogens (tertiary/aromatic N) is 2. The fourth-order valence-corrected chi connectivity index (χ4v) is 8.68. The zero-order valence-corrected chi connectivity index (χ0v) is 39.4. The Labute approximate surface area is 402 Å². The van der Waals surface area contributed by atoms with Gasteiger partial charge in [-0.1, -0.05) is 77.1 Å². The number of esters is 4. The summed E-state index contributed by atoms with van der Waals surface area (Å²) >= 11 is 6.14. The Morgan fingerprint density at radius 3 is 1.93 bits per heavy atom. The molecule has 2 saturated heterocycles. The monoisotopic (exact) mass is 978 g/mol. The van der Waals surface area contributed by atoms with Crippen molar-refractivity contribution in [3.8, 4) is 0 Å². The van der Waals surface area contributed by atoms with Crippen molar-refractivity contribution >= 4 is 52.1 Å². The second kappa shape index (κ2) is 22.8. The lowest BCUT2D eigenvalue weighted by atomic mass is 9.74. The van der Waals surface area contributed by atoms with Crippen LogP contribution in [-0.2, 0) is 72.0 Å². The van der Waals surface area contributed by atoms with Crippen LogP contribution >= 0.6 is 11.6 Å². The van der Waals surface area contributed by atoms with Gasteiger partial charge in [-0.25, -0.2) is 14.4 Å². The van der Waals surface area contributed by atoms with Crippen LogP contribution in [0.4, 0.5) is 11.4 Å². The zero-order valence-electron chi connectivity index (χ0n) is 38.6. The first-order valence-electron chi connectivity index (χ1n) is 22.1. The highest BCUT2D eigenvalue weighted by atomic mass is 35.5. The van der Waals surface area contributed by atoms with E-state index >= 15 is 4.79 Å². The minimum Gasteiger partial charge on any atom is -0.459 e. The molecular formula is C49H55ClN2O17. The molecule has 3 aromatic carbocycles. The molecule has 10 atom stereocenters. The van der Waals surface area contributed by atoms with E-state index in [0.717, 1.165) is 42.3 Å². The van der Waals surface area contributed by atoms with E-state index in [1.54, 1.807) is 0 Å². The Bertz CT molecular complexity index is 2410. The van der Waals surface area contributed by atoms with Gasteiger partial charge >= 0.3 is 23.9 Å². The van der Waals surface area contributed by atoms with Crippen molar-refractivity contribution in [2.24, 2.45) is 17.8 Å². The van der Waals surface area contributed by atoms with Crippen LogP contribution < -0.4 is 0 Å². The van der Waals surface area contributed by atoms with Crippen molar-refractivity contribution in [1.29, 1.82) is 0 Å². The standard InChI is InChI=1S/C49H55ClN2O17/c1-7-29(2)25-30(3)13-22-39(54)67-42-41(55)47(24-23-31(4)40(66-33(6)53)32(5)26-34-11-9-8-10-12-34)68-43(44(50)56)48(59,45(57)64-27-35-14-18-37(19-15-35)51(60)61)49(42,69-47)46(58)65-28-36-16-20-38(21-17-36)52(62)63/h8-22,29-30,32,40-43,55,59H,4,7,23-28H2,1-3,5-6H3/b22-13+/t29-,30+,32+,40+,41+,42+,43+,47-,48+,49-/m0/s1. The quantitative estimate of drug-likeness (QED) is 0.0190. The predicted molar refractivity (Wildman–Crippen MR) is 245 cm³/mol. The predicted octanol–water partition coefficient (Wildman–Crippen LogP) is 6.70. The number of non-ortho nitro benzene ring substituents is 2. The number of aliphatic hydroxyl groups is 2. The second-order valence-electron chi connectivity index (χ2n) is 17.5. The molecule has 5 rings (SSSR count). The SMILES string of the molecule is C=C(CC[C@]12O[C@H](C(=O)Cl)[C@@](O)(C(=O)OCc3ccc([N+](=O)[O-])cc3)[C@](C(=O)OCc3ccc([N+](=O)[O-])cc3)(O1)[C@H](OC(=O)/C=C/[C@@H](C)C[C@@H](C)CC)[C@H]2O)[C@@H](OC(C)=O)[C@H](C)Cc1ccccc1. The number of hydrogen-bond acceptors (Lipinski definition) is 17. The van der Waals surface area contributed by atoms with Gasteiger partial charge in [-0.15, -0.1) is 0 Å². The van der Waals surface area contributed by atoms with Gasteiger partial charge in [0.15, 0.2) is 12.2 Å². The van der Waals surface area contributed by atoms with E-state index in [9.17, 15) is 49.6 Å². The van der Waals surface area contributed by atoms with Crippen LogP contribution in [0.2, 0.25) is 0 Å². The molecule has 19 nitrogen and oxygen atoms in total. The van der Waals surface area contributed by atoms with Gasteiger partial charge in [-0.2, -0.15) is 0 Å². The molecule has 2 fully saturated rings. The number of ether oxygens (including phenoxy) is 6. The molecule has 2 heterocycles. The molecule has 2 bridgehead atoms. The minimum atomic E-state index is -3.76. The molecule has 0 unspecified atom stereocenters. The molecule has 2 aliphatic heterocycles. The van der Waals surface area contributed by atoms with Crippen LogP contribution in [0.5, 0.6) is 0 Å². The number of benzene rings is 3. The van der Waals surface area contributed by atoms with Gasteiger partial charge in [0.1, 0.15) is 25.4 Å². The normalized spacial score (nSPS) is 24.6. The van der Waals surface area contributed by atoms with Crippen LogP contribution in [0, 0.1) is 38.0 Å². The van der Waals surface area contributed by atoms with Crippen molar-refractivity contribution in [2.75, 3.05) is 0 Å². The Kier molecular flexibility index (Phi) is 17.7. The fraction of sp³-hybridized carbons (Fsp3) is 0.449. The van der Waals surface area contributed by atoms with Gasteiger partial charge in [-0.05, 0) is 89.2 Å². The lowest BCUT2D eigenvalue weighted by molar-refractivity contribution is -0.385. The first kappa shape index (κ1) is 53.6. The van der Waals surface area contributed by atoms with Crippen LogP contribution in [0.15, 0.2) is 103 Å². The van der Waals surface area contributed by atoms with E-state index in [2.05, 4.69) is 6.58 Å². The van der Waals surface area contributed by atoms with Crippen molar-refractivity contribution in [1.82, 2.24) is 0 Å². The number of allylic oxidation sites excluding steroid dienone is 1. The van der Waals surface area contributed by atoms with E-state index in [-0.39, 0.29) is 46.3 Å². The summed E-state index contributed by atoms with van der Waals surface area (Å²) in [5.74, 6) is -8.37. The summed E-state index contributed by atoms with van der Waals surface area (Å²) in [6.07, 6.45) is -4.82. The third kappa shape index (κ3) is 12.1. The molecule has 0 amide bonds. The van der Waals surface area contributed by atoms with Gasteiger partial charge in [0, 0.05) is 49.6 Å². The van der Waals surface area contributed by atoms with E-state index < -0.39 is 106 Å². The largest absolute Gasteiger partial charge is 0.459 e. The maximum atomic E-state index is 15.0. The van der Waals surface area contributed by atoms with Gasteiger partial charge < -0.3 is 38.6 Å². The highest BCUT2D eigenvalue weighted by Gasteiger charge is 2.86. The number of fused-ring (bicyclic) bond motifs is 2. The second-order valence-corrected chi connectivity index (χ2v) is 17.8. The number of carbonyl (C=O) groups is 5. The number of nitro groups is 2. The van der Waals surface area contributed by atoms with Gasteiger partial charge in [0.05, 0.1) is 9.85 Å². The number of hydrogen-bond donors (Lipinski definition) is 2. The molecule has 0 radical (unpaired) electrons. The van der Waals surface area contributed by atoms with E-state index in [0.29, 0.717) is 12.8 Å². The minimum absolute atomic E-state index is 0.126. The van der Waals surface area contributed by atoms with Gasteiger partial charge in [0.2, 0.25) is 11.4 Å². The summed E-state index contributed by atoms with van der Waals surface area (Å²) in [5, 5.41) is 46.4. The molecule has 0 spiro atoms. The third-order valence-electron chi connectivity index (χ3n) is 12.3. The summed E-state index contributed by atoms with van der Waals surface area (Å²) in [5.41, 5.74) is -6.42. The van der Waals surface area contributed by atoms with Crippen molar-refractivity contribution < 1.29 is 72.5 Å². The summed E-state index contributed by atoms with van der Waals surface area (Å²) in [7, 11) is 0. The van der Waals surface area contributed by atoms with Crippen molar-refractivity contribution in [3.05, 3.63) is 140 Å². The number of rotatable bonds is 23. The topological polar surface area (TPSA) is 267 Å². The molecule has 0 saturated carbocycles. The Morgan fingerprint density at radius 2 is 1.42 bits per heavy atom. The number of carbonyl (C=O) groups excluding carboxylic acids is 5. The summed E-state index contributed by atoms with van der Waals surface area (Å²) < 4.78 is 35.1. The van der Waals surface area contributed by atoms with Crippen LogP contribution in [0.25, 0.3) is 0 Å². The summed E-state index contributed by atoms with van der Waals surface area (Å²) in [6, 6.07) is 18.6. The molecule has 20 heteroatoms. The van der Waals surface area contributed by atoms with Gasteiger partial charge in [0.25, 0.3) is 22.2 Å². The molecule has 2 aliphatic rings. The maximum Gasteiger partial charge on any atom is 0.346 e. The first-order valence-corrected chi connectivity index (χ1v) is 22.5. The molecule has 69 heavy (non-hydrogen) atoms. The van der Waals surface area contributed by atoms with E-state index in [1.807, 2.05) is 58.0 Å². The Balaban J connectivity index is 1.63. The van der Waals surface area contributed by atoms with Crippen LogP contribution in [-0.4, -0.2) is 90.6 Å². The molecule has 3 aromatic rings. The third-order valence-corrected chi connectivity index (χ3v) is 12.5. The first-order chi connectivity index (χ1) is 32.6. The Morgan fingerprint density at radius 1 is 0.870 bits per heavy atom. The lowest BCUT2D eigenvalue weighted by Gasteiger charge is -2.50. The van der Waals surface area contributed by atoms with E-state index in [1.165, 1.54) is 37.3 Å². The number of halogens is 1. The molecular weight excluding hydrogens is 924 g/mol. The number of aliphatic hydroxyl groups excluding tert-OH is 1. The highest BCUT2D eigenvalue weighted by molar-refractivity contribution is 6.65. The smallest absolute Gasteiger partial charge is 0.346 e.